The average molecular weight is 346 g/mol. The van der Waals surface area contributed by atoms with Crippen molar-refractivity contribution < 1.29 is 13.9 Å². The number of nitrogens with two attached hydrogens (primary N) is 1. The molecule has 0 amide bonds. The molecule has 126 valence electrons. The van der Waals surface area contributed by atoms with E-state index in [1.54, 1.807) is 40.2 Å². The fourth-order valence-electron chi connectivity index (χ4n) is 3.03. The smallest absolute Gasteiger partial charge is 0.146 e. The number of aromatic hydroxyl groups is 1. The van der Waals surface area contributed by atoms with E-state index in [-0.39, 0.29) is 23.7 Å². The molecule has 3 N–H and O–H groups in total. The van der Waals surface area contributed by atoms with Gasteiger partial charge in [0.25, 0.3) is 0 Å². The highest BCUT2D eigenvalue weighted by atomic mass is 32.2. The van der Waals surface area contributed by atoms with E-state index >= 15 is 0 Å². The molecule has 0 aliphatic carbocycles. The predicted molar refractivity (Wildman–Crippen MR) is 87.3 cm³/mol. The van der Waals surface area contributed by atoms with Crippen molar-refractivity contribution in [2.24, 2.45) is 0 Å². The van der Waals surface area contributed by atoms with Crippen molar-refractivity contribution >= 4 is 16.8 Å². The zero-order chi connectivity index (χ0) is 17.3. The van der Waals surface area contributed by atoms with Crippen LogP contribution in [0.25, 0.3) is 11.1 Å². The summed E-state index contributed by atoms with van der Waals surface area (Å²) in [6.07, 6.45) is 3.57. The number of para-hydroxylation sites is 1. The number of aromatic nitrogens is 2. The van der Waals surface area contributed by atoms with Gasteiger partial charge in [-0.1, -0.05) is 12.1 Å². The van der Waals surface area contributed by atoms with Crippen LogP contribution in [-0.4, -0.2) is 47.5 Å². The van der Waals surface area contributed by atoms with Crippen LogP contribution >= 0.6 is 0 Å². The minimum Gasteiger partial charge on any atom is -0.771 e. The summed E-state index contributed by atoms with van der Waals surface area (Å²) in [6, 6.07) is 7.22. The number of nitriles is 1. The third-order valence-corrected chi connectivity index (χ3v) is 4.75. The summed E-state index contributed by atoms with van der Waals surface area (Å²) in [4.78, 5) is 1.74. The van der Waals surface area contributed by atoms with Crippen molar-refractivity contribution in [2.75, 3.05) is 24.7 Å². The van der Waals surface area contributed by atoms with Gasteiger partial charge < -0.3 is 15.4 Å². The average Bonchev–Trinajstić information content (AvgIpc) is 2.97. The first-order valence-electron chi connectivity index (χ1n) is 7.23. The van der Waals surface area contributed by atoms with Crippen LogP contribution in [0.4, 0.5) is 5.69 Å². The third-order valence-electron chi connectivity index (χ3n) is 4.18. The number of phenols is 1. The molecule has 9 heteroatoms. The highest BCUT2D eigenvalue weighted by Crippen LogP contribution is 2.36. The SMILES string of the molecule is N#CCC1(n2cc(-c3cccc(N)c3O)cn2)CN(CS(=O)[O-])C1. The van der Waals surface area contributed by atoms with Crippen molar-refractivity contribution in [3.63, 3.8) is 0 Å². The van der Waals surface area contributed by atoms with Crippen molar-refractivity contribution in [1.82, 2.24) is 14.7 Å². The van der Waals surface area contributed by atoms with Gasteiger partial charge in [0, 0.05) is 30.4 Å². The fraction of sp³-hybridized carbons (Fsp3) is 0.333. The molecule has 0 bridgehead atoms. The molecule has 1 aromatic carbocycles. The van der Waals surface area contributed by atoms with Crippen LogP contribution in [0.1, 0.15) is 6.42 Å². The first kappa shape index (κ1) is 16.4. The number of hydrogen-bond donors (Lipinski definition) is 2. The van der Waals surface area contributed by atoms with Gasteiger partial charge in [-0.2, -0.15) is 10.4 Å². The molecule has 0 saturated carbocycles. The van der Waals surface area contributed by atoms with Crippen LogP contribution in [0.2, 0.25) is 0 Å². The van der Waals surface area contributed by atoms with E-state index in [0.717, 1.165) is 0 Å². The van der Waals surface area contributed by atoms with Gasteiger partial charge >= 0.3 is 0 Å². The molecule has 1 saturated heterocycles. The number of likely N-dealkylation sites (tertiary alicyclic amines) is 1. The topological polar surface area (TPSA) is 131 Å². The van der Waals surface area contributed by atoms with Crippen LogP contribution in [-0.2, 0) is 16.6 Å². The molecule has 8 nitrogen and oxygen atoms in total. The van der Waals surface area contributed by atoms with Crippen LogP contribution < -0.4 is 5.73 Å². The van der Waals surface area contributed by atoms with E-state index in [2.05, 4.69) is 11.2 Å². The molecule has 1 aromatic heterocycles. The Kier molecular flexibility index (Phi) is 4.28. The second-order valence-corrected chi connectivity index (χ2v) is 6.76. The molecular weight excluding hydrogens is 330 g/mol. The number of phenolic OH excluding ortho intramolecular Hbond substituents is 1. The monoisotopic (exact) mass is 346 g/mol. The van der Waals surface area contributed by atoms with Gasteiger partial charge in [0.05, 0.1) is 30.3 Å². The first-order valence-corrected chi connectivity index (χ1v) is 8.48. The first-order chi connectivity index (χ1) is 11.4. The number of rotatable bonds is 5. The van der Waals surface area contributed by atoms with Crippen molar-refractivity contribution in [1.29, 1.82) is 5.26 Å². The van der Waals surface area contributed by atoms with Crippen LogP contribution in [0.15, 0.2) is 30.6 Å². The number of benzene rings is 1. The largest absolute Gasteiger partial charge is 0.771 e. The van der Waals surface area contributed by atoms with Crippen LogP contribution in [0.3, 0.4) is 0 Å². The van der Waals surface area contributed by atoms with Gasteiger partial charge in [-0.15, -0.1) is 0 Å². The predicted octanol–water partition coefficient (Wildman–Crippen LogP) is 0.599. The van der Waals surface area contributed by atoms with E-state index in [1.807, 2.05) is 0 Å². The van der Waals surface area contributed by atoms with Crippen molar-refractivity contribution in [3.8, 4) is 22.9 Å². The lowest BCUT2D eigenvalue weighted by Gasteiger charge is -2.49. The quantitative estimate of drug-likeness (QED) is 0.460. The number of anilines is 1. The Morgan fingerprint density at radius 3 is 2.92 bits per heavy atom. The summed E-state index contributed by atoms with van der Waals surface area (Å²) < 4.78 is 23.3. The van der Waals surface area contributed by atoms with Crippen LogP contribution in [0.5, 0.6) is 5.75 Å². The van der Waals surface area contributed by atoms with Gasteiger partial charge in [0.1, 0.15) is 11.3 Å². The Bertz CT molecular complexity index is 823. The molecule has 1 atom stereocenters. The summed E-state index contributed by atoms with van der Waals surface area (Å²) in [5, 5.41) is 23.5. The number of hydrogen-bond acceptors (Lipinski definition) is 7. The zero-order valence-electron chi connectivity index (χ0n) is 12.8. The van der Waals surface area contributed by atoms with E-state index < -0.39 is 16.6 Å². The summed E-state index contributed by atoms with van der Waals surface area (Å²) in [5.41, 5.74) is 6.68. The van der Waals surface area contributed by atoms with E-state index in [1.165, 1.54) is 0 Å². The molecule has 2 heterocycles. The van der Waals surface area contributed by atoms with E-state index in [0.29, 0.717) is 24.2 Å². The molecule has 0 radical (unpaired) electrons. The molecule has 1 aliphatic heterocycles. The number of nitrogen functional groups attached to an aromatic ring is 1. The van der Waals surface area contributed by atoms with Gasteiger partial charge in [-0.25, -0.2) is 0 Å². The second kappa shape index (κ2) is 6.24. The van der Waals surface area contributed by atoms with Gasteiger partial charge in [-0.3, -0.25) is 13.8 Å². The maximum atomic E-state index is 10.8. The third kappa shape index (κ3) is 2.87. The van der Waals surface area contributed by atoms with E-state index in [9.17, 15) is 13.9 Å². The standard InChI is InChI=1S/C15H17N5O3S/c16-5-4-15(8-19(9-15)10-24(22)23)20-7-11(6-18-20)12-2-1-3-13(17)14(12)21/h1-3,6-7,21H,4,8-10,17H2,(H,22,23)/p-1. The van der Waals surface area contributed by atoms with Crippen molar-refractivity contribution in [2.45, 2.75) is 12.0 Å². The highest BCUT2D eigenvalue weighted by molar-refractivity contribution is 7.79. The lowest BCUT2D eigenvalue weighted by atomic mass is 9.87. The molecule has 2 aromatic rings. The van der Waals surface area contributed by atoms with E-state index in [4.69, 9.17) is 11.0 Å². The van der Waals surface area contributed by atoms with Gasteiger partial charge in [0.15, 0.2) is 0 Å². The fourth-order valence-corrected chi connectivity index (χ4v) is 3.51. The normalized spacial score (nSPS) is 17.8. The van der Waals surface area contributed by atoms with Gasteiger partial charge in [-0.05, 0) is 17.1 Å². The van der Waals surface area contributed by atoms with Crippen molar-refractivity contribution in [3.05, 3.63) is 30.6 Å². The van der Waals surface area contributed by atoms with Crippen LogP contribution in [0, 0.1) is 11.3 Å². The Balaban J connectivity index is 1.87. The number of nitrogens with zero attached hydrogens (tertiary/aromatic N) is 4. The molecular formula is C15H16N5O3S-. The minimum absolute atomic E-state index is 0.0108. The summed E-state index contributed by atoms with van der Waals surface area (Å²) in [6.45, 7) is 0.858. The Morgan fingerprint density at radius 2 is 2.25 bits per heavy atom. The summed E-state index contributed by atoms with van der Waals surface area (Å²) in [5.74, 6) is -0.0690. The van der Waals surface area contributed by atoms with Gasteiger partial charge in [0.2, 0.25) is 0 Å². The molecule has 1 unspecified atom stereocenters. The molecule has 1 aliphatic rings. The Morgan fingerprint density at radius 1 is 1.50 bits per heavy atom. The second-order valence-electron chi connectivity index (χ2n) is 5.90. The molecule has 3 rings (SSSR count). The lowest BCUT2D eigenvalue weighted by molar-refractivity contribution is 0.0194. The summed E-state index contributed by atoms with van der Waals surface area (Å²) in [7, 11) is 0. The molecule has 0 spiro atoms. The minimum atomic E-state index is -2.15. The lowest BCUT2D eigenvalue weighted by Crippen LogP contribution is -2.63. The molecule has 24 heavy (non-hydrogen) atoms. The Labute approximate surface area is 141 Å². The summed E-state index contributed by atoms with van der Waals surface area (Å²) >= 11 is -2.15. The Hall–Kier alpha value is -2.41. The highest BCUT2D eigenvalue weighted by Gasteiger charge is 2.45. The maximum absolute atomic E-state index is 10.8. The molecule has 1 fully saturated rings. The maximum Gasteiger partial charge on any atom is 0.146 e. The zero-order valence-corrected chi connectivity index (χ0v) is 13.6.